The predicted molar refractivity (Wildman–Crippen MR) is 118 cm³/mol. The number of hydrogen-bond acceptors (Lipinski definition) is 4. The number of nitrogens with zero attached hydrogens (tertiary/aromatic N) is 2. The Labute approximate surface area is 178 Å². The SMILES string of the molecule is O=C(CN1C(=O)/C(=C/c2ccc([N+](=O)[O-])cc2)c2ccccc21)NCc1ccccc1. The molecule has 0 saturated carbocycles. The number of amides is 2. The summed E-state index contributed by atoms with van der Waals surface area (Å²) in [4.78, 5) is 37.5. The Morgan fingerprint density at radius 2 is 1.65 bits per heavy atom. The van der Waals surface area contributed by atoms with Gasteiger partial charge in [0, 0.05) is 29.8 Å². The summed E-state index contributed by atoms with van der Waals surface area (Å²) in [5.74, 6) is -0.544. The van der Waals surface area contributed by atoms with Crippen LogP contribution in [0, 0.1) is 10.1 Å². The molecule has 31 heavy (non-hydrogen) atoms. The van der Waals surface area contributed by atoms with Gasteiger partial charge in [-0.05, 0) is 35.4 Å². The van der Waals surface area contributed by atoms with Crippen molar-refractivity contribution in [2.24, 2.45) is 0 Å². The van der Waals surface area contributed by atoms with Gasteiger partial charge in [0.1, 0.15) is 6.54 Å². The van der Waals surface area contributed by atoms with E-state index in [1.807, 2.05) is 48.5 Å². The Balaban J connectivity index is 1.54. The average molecular weight is 413 g/mol. The lowest BCUT2D eigenvalue weighted by Crippen LogP contribution is -2.38. The molecule has 7 heteroatoms. The molecule has 0 bridgehead atoms. The van der Waals surface area contributed by atoms with Crippen LogP contribution in [0.5, 0.6) is 0 Å². The minimum atomic E-state index is -0.470. The molecule has 3 aromatic rings. The Morgan fingerprint density at radius 3 is 2.35 bits per heavy atom. The van der Waals surface area contributed by atoms with E-state index >= 15 is 0 Å². The molecule has 7 nitrogen and oxygen atoms in total. The molecule has 0 saturated heterocycles. The van der Waals surface area contributed by atoms with Gasteiger partial charge >= 0.3 is 0 Å². The van der Waals surface area contributed by atoms with E-state index in [1.54, 1.807) is 24.3 Å². The minimum absolute atomic E-state index is 0.0167. The Morgan fingerprint density at radius 1 is 0.968 bits per heavy atom. The van der Waals surface area contributed by atoms with Gasteiger partial charge in [0.2, 0.25) is 5.91 Å². The second-order valence-corrected chi connectivity index (χ2v) is 7.08. The first-order valence-corrected chi connectivity index (χ1v) is 9.71. The van der Waals surface area contributed by atoms with Crippen LogP contribution in [0.4, 0.5) is 11.4 Å². The molecule has 0 unspecified atom stereocenters. The fourth-order valence-electron chi connectivity index (χ4n) is 3.46. The smallest absolute Gasteiger partial charge is 0.269 e. The number of anilines is 1. The third kappa shape index (κ3) is 4.35. The van der Waals surface area contributed by atoms with Crippen LogP contribution in [0.1, 0.15) is 16.7 Å². The standard InChI is InChI=1S/C24H19N3O4/c28-23(25-15-18-6-2-1-3-7-18)16-26-22-9-5-4-8-20(22)21(24(26)29)14-17-10-12-19(13-11-17)27(30)31/h1-14H,15-16H2,(H,25,28)/b21-14+. The molecule has 0 atom stereocenters. The molecule has 154 valence electrons. The van der Waals surface area contributed by atoms with Gasteiger partial charge in [-0.3, -0.25) is 24.6 Å². The maximum atomic E-state index is 13.1. The second kappa shape index (κ2) is 8.62. The van der Waals surface area contributed by atoms with Crippen LogP contribution >= 0.6 is 0 Å². The Kier molecular flexibility index (Phi) is 5.57. The van der Waals surface area contributed by atoms with E-state index in [-0.39, 0.29) is 24.0 Å². The van der Waals surface area contributed by atoms with E-state index in [0.717, 1.165) is 11.1 Å². The van der Waals surface area contributed by atoms with Crippen LogP contribution in [0.2, 0.25) is 0 Å². The molecule has 1 heterocycles. The van der Waals surface area contributed by atoms with E-state index < -0.39 is 4.92 Å². The number of nitro benzene ring substituents is 1. The number of carbonyl (C=O) groups excluding carboxylic acids is 2. The van der Waals surface area contributed by atoms with Crippen LogP contribution < -0.4 is 10.2 Å². The number of hydrogen-bond donors (Lipinski definition) is 1. The lowest BCUT2D eigenvalue weighted by atomic mass is 10.0. The van der Waals surface area contributed by atoms with E-state index in [1.165, 1.54) is 17.0 Å². The number of para-hydroxylation sites is 1. The topological polar surface area (TPSA) is 92.5 Å². The summed E-state index contributed by atoms with van der Waals surface area (Å²) in [6, 6.07) is 22.8. The van der Waals surface area contributed by atoms with Gasteiger partial charge in [0.25, 0.3) is 11.6 Å². The molecule has 1 N–H and O–H groups in total. The lowest BCUT2D eigenvalue weighted by molar-refractivity contribution is -0.384. The molecule has 2 amide bonds. The summed E-state index contributed by atoms with van der Waals surface area (Å²) in [7, 11) is 0. The summed E-state index contributed by atoms with van der Waals surface area (Å²) in [6.07, 6.45) is 1.69. The normalized spacial score (nSPS) is 13.9. The van der Waals surface area contributed by atoms with E-state index in [9.17, 15) is 19.7 Å². The van der Waals surface area contributed by atoms with Gasteiger partial charge < -0.3 is 5.32 Å². The molecule has 0 aromatic heterocycles. The van der Waals surface area contributed by atoms with Crippen molar-refractivity contribution in [1.29, 1.82) is 0 Å². The fourth-order valence-corrected chi connectivity index (χ4v) is 3.46. The summed E-state index contributed by atoms with van der Waals surface area (Å²) in [5.41, 5.74) is 3.46. The van der Waals surface area contributed by atoms with Gasteiger partial charge in [0.05, 0.1) is 10.6 Å². The maximum Gasteiger partial charge on any atom is 0.269 e. The number of fused-ring (bicyclic) bond motifs is 1. The number of rotatable bonds is 6. The summed E-state index contributed by atoms with van der Waals surface area (Å²) in [6.45, 7) is 0.287. The van der Waals surface area contributed by atoms with Crippen LogP contribution in [0.25, 0.3) is 11.6 Å². The third-order valence-corrected chi connectivity index (χ3v) is 5.01. The molecule has 1 aliphatic rings. The average Bonchev–Trinajstić information content (AvgIpc) is 3.05. The van der Waals surface area contributed by atoms with Gasteiger partial charge in [-0.2, -0.15) is 0 Å². The number of carbonyl (C=O) groups is 2. The second-order valence-electron chi connectivity index (χ2n) is 7.08. The molecule has 1 aliphatic heterocycles. The van der Waals surface area contributed by atoms with Crippen molar-refractivity contribution in [3.8, 4) is 0 Å². The van der Waals surface area contributed by atoms with Gasteiger partial charge in [-0.15, -0.1) is 0 Å². The molecule has 0 fully saturated rings. The van der Waals surface area contributed by atoms with Crippen molar-refractivity contribution < 1.29 is 14.5 Å². The zero-order valence-corrected chi connectivity index (χ0v) is 16.5. The number of non-ortho nitro benzene ring substituents is 1. The van der Waals surface area contributed by atoms with Crippen molar-refractivity contribution in [1.82, 2.24) is 5.32 Å². The lowest BCUT2D eigenvalue weighted by Gasteiger charge is -2.16. The summed E-state index contributed by atoms with van der Waals surface area (Å²) < 4.78 is 0. The van der Waals surface area contributed by atoms with Crippen molar-refractivity contribution in [3.63, 3.8) is 0 Å². The highest BCUT2D eigenvalue weighted by Gasteiger charge is 2.33. The quantitative estimate of drug-likeness (QED) is 0.378. The fraction of sp³-hybridized carbons (Fsp3) is 0.0833. The maximum absolute atomic E-state index is 13.1. The first kappa shape index (κ1) is 20.0. The highest BCUT2D eigenvalue weighted by atomic mass is 16.6. The van der Waals surface area contributed by atoms with Crippen LogP contribution in [0.15, 0.2) is 78.9 Å². The van der Waals surface area contributed by atoms with E-state index in [2.05, 4.69) is 5.32 Å². The Bertz CT molecular complexity index is 1170. The highest BCUT2D eigenvalue weighted by Crippen LogP contribution is 2.37. The first-order chi connectivity index (χ1) is 15.0. The summed E-state index contributed by atoms with van der Waals surface area (Å²) in [5, 5.41) is 13.7. The molecule has 3 aromatic carbocycles. The first-order valence-electron chi connectivity index (χ1n) is 9.71. The van der Waals surface area contributed by atoms with Gasteiger partial charge in [-0.25, -0.2) is 0 Å². The minimum Gasteiger partial charge on any atom is -0.350 e. The number of benzene rings is 3. The van der Waals surface area contributed by atoms with E-state index in [0.29, 0.717) is 23.4 Å². The number of nitrogens with one attached hydrogen (secondary N) is 1. The molecule has 0 aliphatic carbocycles. The monoisotopic (exact) mass is 413 g/mol. The van der Waals surface area contributed by atoms with E-state index in [4.69, 9.17) is 0 Å². The largest absolute Gasteiger partial charge is 0.350 e. The Hall–Kier alpha value is -4.26. The number of nitro groups is 1. The van der Waals surface area contributed by atoms with Gasteiger partial charge in [-0.1, -0.05) is 48.5 Å². The molecular formula is C24H19N3O4. The van der Waals surface area contributed by atoms with Crippen LogP contribution in [0.3, 0.4) is 0 Å². The summed E-state index contributed by atoms with van der Waals surface area (Å²) >= 11 is 0. The van der Waals surface area contributed by atoms with Crippen molar-refractivity contribution in [3.05, 3.63) is 106 Å². The molecular weight excluding hydrogens is 394 g/mol. The molecule has 4 rings (SSSR count). The zero-order valence-electron chi connectivity index (χ0n) is 16.5. The van der Waals surface area contributed by atoms with Gasteiger partial charge in [0.15, 0.2) is 0 Å². The van der Waals surface area contributed by atoms with Crippen molar-refractivity contribution >= 4 is 34.8 Å². The third-order valence-electron chi connectivity index (χ3n) is 5.01. The van der Waals surface area contributed by atoms with Crippen LogP contribution in [-0.4, -0.2) is 23.3 Å². The highest BCUT2D eigenvalue weighted by molar-refractivity contribution is 6.36. The van der Waals surface area contributed by atoms with Crippen molar-refractivity contribution in [2.75, 3.05) is 11.4 Å². The molecule has 0 radical (unpaired) electrons. The predicted octanol–water partition coefficient (Wildman–Crippen LogP) is 3.80. The van der Waals surface area contributed by atoms with Crippen molar-refractivity contribution in [2.45, 2.75) is 6.54 Å². The molecule has 0 spiro atoms. The zero-order chi connectivity index (χ0) is 21.8. The van der Waals surface area contributed by atoms with Crippen LogP contribution in [-0.2, 0) is 16.1 Å².